The normalized spacial score (nSPS) is 13.0. The Labute approximate surface area is 175 Å². The molecule has 0 spiro atoms. The molecule has 0 heterocycles. The lowest BCUT2D eigenvalue weighted by molar-refractivity contribution is 0.414. The van der Waals surface area contributed by atoms with Crippen LogP contribution in [0.1, 0.15) is 26.3 Å². The van der Waals surface area contributed by atoms with Crippen LogP contribution in [0.2, 0.25) is 5.02 Å². The fourth-order valence-electron chi connectivity index (χ4n) is 1.96. The lowest BCUT2D eigenvalue weighted by Crippen LogP contribution is -2.41. The maximum atomic E-state index is 12.0. The number of aliphatic imine (C=N–C) groups is 1. The molecular weight excluding hydrogens is 473 g/mol. The van der Waals surface area contributed by atoms with Crippen LogP contribution in [0.15, 0.2) is 23.2 Å². The Balaban J connectivity index is 0.00000576. The number of benzene rings is 1. The van der Waals surface area contributed by atoms with E-state index < -0.39 is 10.8 Å². The summed E-state index contributed by atoms with van der Waals surface area (Å²) in [6, 6.07) is 5.67. The first-order chi connectivity index (χ1) is 11.3. The highest BCUT2D eigenvalue weighted by Gasteiger charge is 2.18. The van der Waals surface area contributed by atoms with Crippen molar-refractivity contribution >= 4 is 52.3 Å². The van der Waals surface area contributed by atoms with Crippen molar-refractivity contribution in [3.8, 4) is 5.75 Å². The summed E-state index contributed by atoms with van der Waals surface area (Å²) in [7, 11) is 2.47. The predicted molar refractivity (Wildman–Crippen MR) is 119 cm³/mol. The van der Waals surface area contributed by atoms with E-state index in [1.54, 1.807) is 14.2 Å². The van der Waals surface area contributed by atoms with E-state index in [1.807, 2.05) is 39.0 Å². The molecule has 8 heteroatoms. The van der Waals surface area contributed by atoms with E-state index in [4.69, 9.17) is 16.3 Å². The summed E-state index contributed by atoms with van der Waals surface area (Å²) >= 11 is 6.23. The van der Waals surface area contributed by atoms with Crippen molar-refractivity contribution in [2.75, 3.05) is 33.0 Å². The smallest absolute Gasteiger partial charge is 0.191 e. The van der Waals surface area contributed by atoms with Crippen LogP contribution in [-0.4, -0.2) is 47.9 Å². The van der Waals surface area contributed by atoms with Gasteiger partial charge in [0.1, 0.15) is 5.75 Å². The van der Waals surface area contributed by atoms with E-state index in [0.29, 0.717) is 29.8 Å². The quantitative estimate of drug-likeness (QED) is 0.342. The fourth-order valence-corrected chi connectivity index (χ4v) is 3.13. The zero-order valence-corrected chi connectivity index (χ0v) is 19.4. The van der Waals surface area contributed by atoms with Crippen molar-refractivity contribution in [1.82, 2.24) is 10.6 Å². The first-order valence-corrected chi connectivity index (χ1v) is 9.63. The molecule has 1 unspecified atom stereocenters. The number of hydrogen-bond acceptors (Lipinski definition) is 3. The average molecular weight is 502 g/mol. The monoisotopic (exact) mass is 501 g/mol. The van der Waals surface area contributed by atoms with E-state index >= 15 is 0 Å². The molecule has 0 radical (unpaired) electrons. The van der Waals surface area contributed by atoms with E-state index in [2.05, 4.69) is 15.6 Å². The van der Waals surface area contributed by atoms with Gasteiger partial charge in [-0.05, 0) is 44.9 Å². The standard InChI is InChI=1S/C17H28ClN3O2S.HI/c1-17(2,3)24(22)11-10-21-16(19-4)20-9-8-13-6-7-14(23-5)12-15(13)18;/h6-7,12H,8-11H2,1-5H3,(H2,19,20,21);1H. The van der Waals surface area contributed by atoms with Gasteiger partial charge in [0.15, 0.2) is 5.96 Å². The lowest BCUT2D eigenvalue weighted by Gasteiger charge is -2.18. The van der Waals surface area contributed by atoms with E-state index in [9.17, 15) is 4.21 Å². The van der Waals surface area contributed by atoms with Crippen molar-refractivity contribution in [1.29, 1.82) is 0 Å². The minimum Gasteiger partial charge on any atom is -0.497 e. The number of rotatable bonds is 7. The summed E-state index contributed by atoms with van der Waals surface area (Å²) in [6.45, 7) is 7.26. The minimum atomic E-state index is -0.872. The topological polar surface area (TPSA) is 62.7 Å². The molecule has 2 N–H and O–H groups in total. The van der Waals surface area contributed by atoms with Gasteiger partial charge in [0.2, 0.25) is 0 Å². The molecule has 1 rings (SSSR count). The minimum absolute atomic E-state index is 0. The molecule has 0 aliphatic carbocycles. The van der Waals surface area contributed by atoms with Gasteiger partial charge in [0.05, 0.1) is 7.11 Å². The molecule has 1 aromatic carbocycles. The molecule has 144 valence electrons. The molecule has 1 aromatic rings. The number of nitrogens with zero attached hydrogens (tertiary/aromatic N) is 1. The molecule has 0 aromatic heterocycles. The van der Waals surface area contributed by atoms with Crippen LogP contribution in [0.3, 0.4) is 0 Å². The maximum absolute atomic E-state index is 12.0. The van der Waals surface area contributed by atoms with Crippen molar-refractivity contribution < 1.29 is 8.95 Å². The summed E-state index contributed by atoms with van der Waals surface area (Å²) in [6.07, 6.45) is 0.775. The summed E-state index contributed by atoms with van der Waals surface area (Å²) in [5.74, 6) is 2.04. The molecule has 0 amide bonds. The van der Waals surface area contributed by atoms with Crippen molar-refractivity contribution in [3.63, 3.8) is 0 Å². The maximum Gasteiger partial charge on any atom is 0.191 e. The molecule has 0 saturated carbocycles. The van der Waals surface area contributed by atoms with E-state index in [1.165, 1.54) is 0 Å². The molecule has 5 nitrogen and oxygen atoms in total. The molecular formula is C17H29ClIN3O2S. The first-order valence-electron chi connectivity index (χ1n) is 7.93. The largest absolute Gasteiger partial charge is 0.497 e. The molecule has 1 atom stereocenters. The Bertz CT molecular complexity index is 592. The molecule has 0 aliphatic heterocycles. The number of ether oxygens (including phenoxy) is 1. The summed E-state index contributed by atoms with van der Waals surface area (Å²) in [5, 5.41) is 7.11. The van der Waals surface area contributed by atoms with Gasteiger partial charge in [-0.15, -0.1) is 24.0 Å². The molecule has 25 heavy (non-hydrogen) atoms. The van der Waals surface area contributed by atoms with Crippen molar-refractivity contribution in [2.24, 2.45) is 4.99 Å². The van der Waals surface area contributed by atoms with Crippen LogP contribution in [-0.2, 0) is 17.2 Å². The second-order valence-electron chi connectivity index (χ2n) is 6.30. The van der Waals surface area contributed by atoms with Gasteiger partial charge in [0.25, 0.3) is 0 Å². The van der Waals surface area contributed by atoms with Gasteiger partial charge in [-0.2, -0.15) is 0 Å². The number of nitrogens with one attached hydrogen (secondary N) is 2. The SMILES string of the molecule is CN=C(NCCc1ccc(OC)cc1Cl)NCCS(=O)C(C)(C)C.I. The molecule has 0 aliphatic rings. The van der Waals surface area contributed by atoms with E-state index in [-0.39, 0.29) is 28.7 Å². The lowest BCUT2D eigenvalue weighted by atomic mass is 10.1. The third kappa shape index (κ3) is 9.10. The van der Waals surface area contributed by atoms with Crippen molar-refractivity contribution in [2.45, 2.75) is 31.9 Å². The zero-order chi connectivity index (χ0) is 18.2. The van der Waals surface area contributed by atoms with Gasteiger partial charge < -0.3 is 15.4 Å². The molecule has 0 fully saturated rings. The third-order valence-corrected chi connectivity index (χ3v) is 5.73. The number of hydrogen-bond donors (Lipinski definition) is 2. The highest BCUT2D eigenvalue weighted by atomic mass is 127. The van der Waals surface area contributed by atoms with Gasteiger partial charge in [-0.3, -0.25) is 9.20 Å². The van der Waals surface area contributed by atoms with Crippen LogP contribution in [0, 0.1) is 0 Å². The Hall–Kier alpha value is -0.540. The molecule has 0 bridgehead atoms. The van der Waals surface area contributed by atoms with Gasteiger partial charge in [-0.25, -0.2) is 0 Å². The van der Waals surface area contributed by atoms with Crippen LogP contribution in [0.5, 0.6) is 5.75 Å². The van der Waals surface area contributed by atoms with Crippen LogP contribution < -0.4 is 15.4 Å². The summed E-state index contributed by atoms with van der Waals surface area (Å²) in [5.41, 5.74) is 1.05. The zero-order valence-electron chi connectivity index (χ0n) is 15.5. The second-order valence-corrected chi connectivity index (χ2v) is 9.03. The summed E-state index contributed by atoms with van der Waals surface area (Å²) in [4.78, 5) is 4.17. The van der Waals surface area contributed by atoms with Gasteiger partial charge in [-0.1, -0.05) is 17.7 Å². The number of halogens is 2. The van der Waals surface area contributed by atoms with Gasteiger partial charge in [0, 0.05) is 46.5 Å². The van der Waals surface area contributed by atoms with E-state index in [0.717, 1.165) is 17.7 Å². The highest BCUT2D eigenvalue weighted by molar-refractivity contribution is 14.0. The third-order valence-electron chi connectivity index (χ3n) is 3.43. The first kappa shape index (κ1) is 24.5. The van der Waals surface area contributed by atoms with Crippen LogP contribution in [0.4, 0.5) is 0 Å². The average Bonchev–Trinajstić information content (AvgIpc) is 2.53. The van der Waals surface area contributed by atoms with Crippen LogP contribution >= 0.6 is 35.6 Å². The predicted octanol–water partition coefficient (Wildman–Crippen LogP) is 3.22. The van der Waals surface area contributed by atoms with Gasteiger partial charge >= 0.3 is 0 Å². The molecule has 0 saturated heterocycles. The Morgan fingerprint density at radius 2 is 1.92 bits per heavy atom. The van der Waals surface area contributed by atoms with Crippen molar-refractivity contribution in [3.05, 3.63) is 28.8 Å². The Kier molecular flexibility index (Phi) is 11.7. The number of guanidine groups is 1. The Morgan fingerprint density at radius 1 is 1.28 bits per heavy atom. The Morgan fingerprint density at radius 3 is 2.44 bits per heavy atom. The fraction of sp³-hybridized carbons (Fsp3) is 0.588. The summed E-state index contributed by atoms with van der Waals surface area (Å²) < 4.78 is 17.0. The van der Waals surface area contributed by atoms with Crippen LogP contribution in [0.25, 0.3) is 0 Å². The number of methoxy groups -OCH3 is 1. The highest BCUT2D eigenvalue weighted by Crippen LogP contribution is 2.22. The second kappa shape index (κ2) is 12.0.